The Morgan fingerprint density at radius 2 is 2.08 bits per heavy atom. The Hall–Kier alpha value is -0.890. The van der Waals surface area contributed by atoms with E-state index >= 15 is 0 Å². The molecule has 1 aliphatic carbocycles. The van der Waals surface area contributed by atoms with Crippen LogP contribution < -0.4 is 0 Å². The van der Waals surface area contributed by atoms with Crippen LogP contribution in [-0.2, 0) is 5.60 Å². The number of rotatable bonds is 1. The summed E-state index contributed by atoms with van der Waals surface area (Å²) in [5, 5.41) is 9.93. The Morgan fingerprint density at radius 3 is 2.54 bits per heavy atom. The molecule has 1 N–H and O–H groups in total. The summed E-state index contributed by atoms with van der Waals surface area (Å²) in [6.45, 7) is 1.73. The summed E-state index contributed by atoms with van der Waals surface area (Å²) in [6, 6.07) is 4.99. The number of aryl methyl sites for hydroxylation is 1. The smallest absolute Gasteiger partial charge is 0.126 e. The van der Waals surface area contributed by atoms with E-state index in [0.29, 0.717) is 5.56 Å². The summed E-state index contributed by atoms with van der Waals surface area (Å²) in [6.07, 6.45) is 2.55. The van der Waals surface area contributed by atoms with Crippen LogP contribution in [0, 0.1) is 12.7 Å². The van der Waals surface area contributed by atoms with Crippen LogP contribution in [0.25, 0.3) is 0 Å². The Bertz CT molecular complexity index is 329. The fraction of sp³-hybridized carbons (Fsp3) is 0.455. The van der Waals surface area contributed by atoms with Crippen molar-refractivity contribution in [2.75, 3.05) is 0 Å². The standard InChI is InChI=1S/C11H13FO/c1-8-3-4-9(7-10(8)12)11(13)5-2-6-11/h3-4,7,13H,2,5-6H2,1H3. The first-order valence-corrected chi connectivity index (χ1v) is 4.61. The zero-order valence-corrected chi connectivity index (χ0v) is 7.68. The second-order valence-electron chi connectivity index (χ2n) is 3.85. The second kappa shape index (κ2) is 2.81. The van der Waals surface area contributed by atoms with E-state index in [9.17, 15) is 9.50 Å². The molecule has 1 aromatic rings. The molecular formula is C11H13FO. The van der Waals surface area contributed by atoms with E-state index < -0.39 is 5.60 Å². The van der Waals surface area contributed by atoms with Crippen LogP contribution in [0.2, 0.25) is 0 Å². The van der Waals surface area contributed by atoms with Gasteiger partial charge >= 0.3 is 0 Å². The summed E-state index contributed by atoms with van der Waals surface area (Å²) in [5.41, 5.74) is 0.614. The predicted octanol–water partition coefficient (Wildman–Crippen LogP) is 2.51. The summed E-state index contributed by atoms with van der Waals surface area (Å²) in [7, 11) is 0. The molecule has 1 aliphatic rings. The first-order chi connectivity index (χ1) is 6.12. The van der Waals surface area contributed by atoms with Crippen molar-refractivity contribution in [2.45, 2.75) is 31.8 Å². The minimum Gasteiger partial charge on any atom is -0.385 e. The summed E-state index contributed by atoms with van der Waals surface area (Å²) in [5.74, 6) is -0.224. The van der Waals surface area contributed by atoms with Gasteiger partial charge in [0, 0.05) is 0 Å². The Morgan fingerprint density at radius 1 is 1.38 bits per heavy atom. The number of aliphatic hydroxyl groups is 1. The highest BCUT2D eigenvalue weighted by Gasteiger charge is 2.36. The van der Waals surface area contributed by atoms with Crippen LogP contribution in [0.15, 0.2) is 18.2 Å². The van der Waals surface area contributed by atoms with Gasteiger partial charge in [-0.2, -0.15) is 0 Å². The van der Waals surface area contributed by atoms with Crippen LogP contribution in [0.4, 0.5) is 4.39 Å². The monoisotopic (exact) mass is 180 g/mol. The zero-order valence-electron chi connectivity index (χ0n) is 7.68. The van der Waals surface area contributed by atoms with Crippen molar-refractivity contribution in [3.05, 3.63) is 35.1 Å². The van der Waals surface area contributed by atoms with Crippen molar-refractivity contribution in [1.82, 2.24) is 0 Å². The maximum atomic E-state index is 13.2. The largest absolute Gasteiger partial charge is 0.385 e. The van der Waals surface area contributed by atoms with Crippen molar-refractivity contribution in [2.24, 2.45) is 0 Å². The van der Waals surface area contributed by atoms with E-state index in [1.807, 2.05) is 6.07 Å². The number of hydrogen-bond acceptors (Lipinski definition) is 1. The predicted molar refractivity (Wildman–Crippen MR) is 48.9 cm³/mol. The number of benzene rings is 1. The molecule has 1 fully saturated rings. The van der Waals surface area contributed by atoms with Gasteiger partial charge in [0.2, 0.25) is 0 Å². The average molecular weight is 180 g/mol. The van der Waals surface area contributed by atoms with Crippen LogP contribution >= 0.6 is 0 Å². The Balaban J connectivity index is 2.36. The first-order valence-electron chi connectivity index (χ1n) is 4.61. The summed E-state index contributed by atoms with van der Waals surface area (Å²) < 4.78 is 13.2. The van der Waals surface area contributed by atoms with E-state index in [-0.39, 0.29) is 5.82 Å². The van der Waals surface area contributed by atoms with Gasteiger partial charge in [-0.15, -0.1) is 0 Å². The number of halogens is 1. The second-order valence-corrected chi connectivity index (χ2v) is 3.85. The average Bonchev–Trinajstić information content (AvgIpc) is 2.06. The van der Waals surface area contributed by atoms with E-state index in [0.717, 1.165) is 24.8 Å². The molecule has 0 spiro atoms. The maximum Gasteiger partial charge on any atom is 0.126 e. The van der Waals surface area contributed by atoms with Gasteiger partial charge in [0.15, 0.2) is 0 Å². The quantitative estimate of drug-likeness (QED) is 0.704. The molecule has 2 heteroatoms. The minimum absolute atomic E-state index is 0.224. The molecule has 0 saturated heterocycles. The van der Waals surface area contributed by atoms with Crippen molar-refractivity contribution >= 4 is 0 Å². The molecule has 1 aromatic carbocycles. The topological polar surface area (TPSA) is 20.2 Å². The maximum absolute atomic E-state index is 13.2. The molecule has 0 radical (unpaired) electrons. The molecule has 0 amide bonds. The van der Waals surface area contributed by atoms with Crippen LogP contribution in [-0.4, -0.2) is 5.11 Å². The molecule has 13 heavy (non-hydrogen) atoms. The molecule has 0 unspecified atom stereocenters. The van der Waals surface area contributed by atoms with Gasteiger partial charge in [0.25, 0.3) is 0 Å². The molecule has 2 rings (SSSR count). The van der Waals surface area contributed by atoms with Crippen molar-refractivity contribution in [3.8, 4) is 0 Å². The highest BCUT2D eigenvalue weighted by atomic mass is 19.1. The van der Waals surface area contributed by atoms with Gasteiger partial charge < -0.3 is 5.11 Å². The molecule has 0 heterocycles. The normalized spacial score (nSPS) is 19.6. The van der Waals surface area contributed by atoms with Crippen molar-refractivity contribution < 1.29 is 9.50 Å². The fourth-order valence-corrected chi connectivity index (χ4v) is 1.68. The molecule has 0 aliphatic heterocycles. The van der Waals surface area contributed by atoms with E-state index in [4.69, 9.17) is 0 Å². The van der Waals surface area contributed by atoms with Gasteiger partial charge in [0.1, 0.15) is 5.82 Å². The Labute approximate surface area is 77.2 Å². The van der Waals surface area contributed by atoms with Crippen molar-refractivity contribution in [3.63, 3.8) is 0 Å². The van der Waals surface area contributed by atoms with E-state index in [1.165, 1.54) is 6.07 Å². The molecule has 1 saturated carbocycles. The lowest BCUT2D eigenvalue weighted by Crippen LogP contribution is -2.33. The lowest BCUT2D eigenvalue weighted by Gasteiger charge is -2.37. The van der Waals surface area contributed by atoms with Gasteiger partial charge in [0.05, 0.1) is 5.60 Å². The first kappa shape index (κ1) is 8.70. The molecule has 1 nitrogen and oxygen atoms in total. The Kier molecular flexibility index (Phi) is 1.88. The molecular weight excluding hydrogens is 167 g/mol. The lowest BCUT2D eigenvalue weighted by molar-refractivity contribution is -0.0390. The molecule has 0 bridgehead atoms. The summed E-state index contributed by atoms with van der Waals surface area (Å²) in [4.78, 5) is 0. The number of hydrogen-bond donors (Lipinski definition) is 1. The third-order valence-corrected chi connectivity index (χ3v) is 2.89. The zero-order chi connectivity index (χ0) is 9.47. The van der Waals surface area contributed by atoms with Gasteiger partial charge in [-0.25, -0.2) is 4.39 Å². The third-order valence-electron chi connectivity index (χ3n) is 2.89. The lowest BCUT2D eigenvalue weighted by atomic mass is 9.75. The fourth-order valence-electron chi connectivity index (χ4n) is 1.68. The van der Waals surface area contributed by atoms with Crippen LogP contribution in [0.5, 0.6) is 0 Å². The van der Waals surface area contributed by atoms with E-state index in [2.05, 4.69) is 0 Å². The third kappa shape index (κ3) is 1.35. The van der Waals surface area contributed by atoms with Crippen molar-refractivity contribution in [1.29, 1.82) is 0 Å². The van der Waals surface area contributed by atoms with Gasteiger partial charge in [-0.05, 0) is 43.4 Å². The molecule has 70 valence electrons. The van der Waals surface area contributed by atoms with Gasteiger partial charge in [-0.3, -0.25) is 0 Å². The molecule has 0 atom stereocenters. The van der Waals surface area contributed by atoms with E-state index in [1.54, 1.807) is 13.0 Å². The highest BCUT2D eigenvalue weighted by molar-refractivity contribution is 5.29. The van der Waals surface area contributed by atoms with Gasteiger partial charge in [-0.1, -0.05) is 12.1 Å². The minimum atomic E-state index is -0.742. The van der Waals surface area contributed by atoms with Crippen LogP contribution in [0.3, 0.4) is 0 Å². The van der Waals surface area contributed by atoms with Crippen LogP contribution in [0.1, 0.15) is 30.4 Å². The molecule has 0 aromatic heterocycles. The summed E-state index contributed by atoms with van der Waals surface area (Å²) >= 11 is 0. The SMILES string of the molecule is Cc1ccc(C2(O)CCC2)cc1F. The highest BCUT2D eigenvalue weighted by Crippen LogP contribution is 2.41.